The first-order valence-corrected chi connectivity index (χ1v) is 13.1. The van der Waals surface area contributed by atoms with E-state index in [1.54, 1.807) is 0 Å². The zero-order valence-electron chi connectivity index (χ0n) is 20.6. The van der Waals surface area contributed by atoms with Gasteiger partial charge in [-0.3, -0.25) is 0 Å². The number of allylic oxidation sites excluding steroid dienone is 1. The minimum absolute atomic E-state index is 0. The normalized spacial score (nSPS) is 22.1. The summed E-state index contributed by atoms with van der Waals surface area (Å²) in [6.07, 6.45) is 4.26. The molecule has 3 nitrogen and oxygen atoms in total. The Morgan fingerprint density at radius 1 is 0.926 bits per heavy atom. The van der Waals surface area contributed by atoms with Crippen molar-refractivity contribution in [3.05, 3.63) is 12.1 Å². The van der Waals surface area contributed by atoms with Crippen LogP contribution in [-0.2, 0) is 13.7 Å². The molecule has 0 unspecified atom stereocenters. The van der Waals surface area contributed by atoms with E-state index < -0.39 is 14.9 Å². The summed E-state index contributed by atoms with van der Waals surface area (Å²) in [4.78, 5) is 0. The number of unbranched alkanes of at least 4 members (excludes halogenated alkanes) is 1. The minimum atomic E-state index is -1.64. The Kier molecular flexibility index (Phi) is 8.86. The summed E-state index contributed by atoms with van der Waals surface area (Å²) in [5.74, 6) is 2.20. The molecule has 0 radical (unpaired) electrons. The van der Waals surface area contributed by atoms with E-state index in [9.17, 15) is 0 Å². The molecule has 0 aromatic rings. The van der Waals surface area contributed by atoms with Crippen LogP contribution in [0.4, 0.5) is 0 Å². The zero-order chi connectivity index (χ0) is 20.7. The maximum atomic E-state index is 6.55. The van der Waals surface area contributed by atoms with E-state index in [0.717, 1.165) is 19.4 Å². The van der Waals surface area contributed by atoms with E-state index in [1.165, 1.54) is 0 Å². The molecule has 1 fully saturated rings. The van der Waals surface area contributed by atoms with E-state index in [2.05, 4.69) is 94.4 Å². The summed E-state index contributed by atoms with van der Waals surface area (Å²) < 4.78 is 19.4. The first-order valence-electron chi connectivity index (χ1n) is 10.2. The summed E-state index contributed by atoms with van der Waals surface area (Å²) in [5, 5.41) is 0.185. The third-order valence-electron chi connectivity index (χ3n) is 6.77. The second-order valence-corrected chi connectivity index (χ2v) is 16.4. The average Bonchev–Trinajstić information content (AvgIpc) is 2.58. The Morgan fingerprint density at radius 3 is 1.74 bits per heavy atom. The molecule has 1 heterocycles. The first-order chi connectivity index (χ1) is 11.4. The maximum absolute atomic E-state index is 6.55. The van der Waals surface area contributed by atoms with Crippen molar-refractivity contribution in [1.82, 2.24) is 0 Å². The van der Waals surface area contributed by atoms with Gasteiger partial charge in [-0.15, -0.1) is 11.4 Å². The quantitative estimate of drug-likeness (QED) is 0.511. The average molecular weight is 390 g/mol. The Balaban J connectivity index is 0.00000676. The molecule has 0 aromatic heterocycles. The summed E-state index contributed by atoms with van der Waals surface area (Å²) in [5.41, 5.74) is -0.619. The van der Waals surface area contributed by atoms with Crippen LogP contribution in [0.15, 0.2) is 12.1 Å². The van der Waals surface area contributed by atoms with Gasteiger partial charge in [0.2, 0.25) is 0 Å². The van der Waals surface area contributed by atoms with Crippen LogP contribution >= 0.6 is 0 Å². The van der Waals surface area contributed by atoms with Crippen LogP contribution in [-0.4, -0.2) is 32.7 Å². The van der Waals surface area contributed by atoms with Crippen LogP contribution in [0.2, 0.25) is 23.4 Å². The minimum Gasteiger partial charge on any atom is -0.558 e. The van der Waals surface area contributed by atoms with Gasteiger partial charge in [0.1, 0.15) is 0 Å². The smallest absolute Gasteiger partial charge is 0.558 e. The first kappa shape index (κ1) is 27.5. The SMILES string of the molecule is CC(C)(C)[B-]1(/C=C\CCCO[Si](C)(C)C(C)(C)C)OC(C)(C)C(C)(C)O1.[Li+]. The van der Waals surface area contributed by atoms with Crippen molar-refractivity contribution < 1.29 is 32.6 Å². The molecule has 0 aliphatic carbocycles. The number of hydrogen-bond donors (Lipinski definition) is 0. The fourth-order valence-corrected chi connectivity index (χ4v) is 4.01. The zero-order valence-corrected chi connectivity index (χ0v) is 21.6. The molecule has 0 N–H and O–H groups in total. The van der Waals surface area contributed by atoms with Gasteiger partial charge in [0.25, 0.3) is 6.55 Å². The van der Waals surface area contributed by atoms with Crippen molar-refractivity contribution >= 4 is 14.9 Å². The summed E-state index contributed by atoms with van der Waals surface area (Å²) >= 11 is 0. The van der Waals surface area contributed by atoms with Crippen LogP contribution in [0, 0.1) is 0 Å². The van der Waals surface area contributed by atoms with E-state index in [-0.39, 0.29) is 40.4 Å². The fourth-order valence-electron chi connectivity index (χ4n) is 2.92. The standard InChI is InChI=1S/C21H44BO3Si.Li/c1-18(2,3)22(24-20(7,8)21(9,10)25-22)16-14-13-15-17-23-26(11,12)19(4,5)6;/h14,16H,13,15,17H2,1-12H3;/q-1;+1/b16-14-;. The molecule has 154 valence electrons. The molecule has 0 bridgehead atoms. The van der Waals surface area contributed by atoms with Crippen molar-refractivity contribution in [2.45, 2.75) is 117 Å². The van der Waals surface area contributed by atoms with Gasteiger partial charge in [-0.05, 0) is 58.7 Å². The summed E-state index contributed by atoms with van der Waals surface area (Å²) in [6, 6.07) is 0. The van der Waals surface area contributed by atoms with E-state index in [4.69, 9.17) is 13.7 Å². The van der Waals surface area contributed by atoms with Crippen LogP contribution in [0.1, 0.15) is 82.1 Å². The largest absolute Gasteiger partial charge is 1.00 e. The molecule has 6 heteroatoms. The Labute approximate surface area is 182 Å². The van der Waals surface area contributed by atoms with Gasteiger partial charge >= 0.3 is 18.9 Å². The van der Waals surface area contributed by atoms with Gasteiger partial charge in [0.05, 0.1) is 0 Å². The Morgan fingerprint density at radius 2 is 1.37 bits per heavy atom. The van der Waals surface area contributed by atoms with Crippen molar-refractivity contribution in [3.63, 3.8) is 0 Å². The van der Waals surface area contributed by atoms with Crippen LogP contribution in [0.5, 0.6) is 0 Å². The molecular weight excluding hydrogens is 346 g/mol. The van der Waals surface area contributed by atoms with Gasteiger partial charge in [0.15, 0.2) is 8.32 Å². The van der Waals surface area contributed by atoms with E-state index in [1.807, 2.05) is 0 Å². The number of hydrogen-bond acceptors (Lipinski definition) is 3. The third-order valence-corrected chi connectivity index (χ3v) is 11.3. The van der Waals surface area contributed by atoms with Gasteiger partial charge in [-0.25, -0.2) is 0 Å². The van der Waals surface area contributed by atoms with Gasteiger partial charge < -0.3 is 13.7 Å². The van der Waals surface area contributed by atoms with Crippen molar-refractivity contribution in [2.75, 3.05) is 6.61 Å². The monoisotopic (exact) mass is 390 g/mol. The fraction of sp³-hybridized carbons (Fsp3) is 0.905. The number of rotatable bonds is 6. The topological polar surface area (TPSA) is 27.7 Å². The predicted octanol–water partition coefficient (Wildman–Crippen LogP) is 3.73. The molecule has 1 saturated heterocycles. The van der Waals surface area contributed by atoms with Crippen LogP contribution < -0.4 is 18.9 Å². The Hall–Kier alpha value is 0.499. The third kappa shape index (κ3) is 6.24. The van der Waals surface area contributed by atoms with E-state index >= 15 is 0 Å². The molecule has 0 aromatic carbocycles. The van der Waals surface area contributed by atoms with Crippen molar-refractivity contribution in [1.29, 1.82) is 0 Å². The van der Waals surface area contributed by atoms with Gasteiger partial charge in [-0.1, -0.05) is 41.5 Å². The molecular formula is C21H44BLiO3Si. The summed E-state index contributed by atoms with van der Waals surface area (Å²) in [7, 11) is -1.64. The second kappa shape index (κ2) is 8.70. The molecule has 1 aliphatic heterocycles. The molecule has 0 atom stereocenters. The molecule has 1 rings (SSSR count). The molecule has 0 amide bonds. The van der Waals surface area contributed by atoms with Gasteiger partial charge in [-0.2, -0.15) is 5.98 Å². The van der Waals surface area contributed by atoms with Crippen LogP contribution in [0.3, 0.4) is 0 Å². The van der Waals surface area contributed by atoms with Crippen molar-refractivity contribution in [3.8, 4) is 0 Å². The predicted molar refractivity (Wildman–Crippen MR) is 117 cm³/mol. The molecule has 0 saturated carbocycles. The molecule has 1 aliphatic rings. The van der Waals surface area contributed by atoms with Crippen molar-refractivity contribution in [2.24, 2.45) is 0 Å². The Bertz CT molecular complexity index is 501. The molecule has 27 heavy (non-hydrogen) atoms. The summed E-state index contributed by atoms with van der Waals surface area (Å²) in [6.45, 7) is 25.9. The van der Waals surface area contributed by atoms with Gasteiger partial charge in [0, 0.05) is 17.8 Å². The second-order valence-electron chi connectivity index (χ2n) is 11.6. The maximum Gasteiger partial charge on any atom is 1.00 e. The molecule has 0 spiro atoms. The van der Waals surface area contributed by atoms with E-state index in [0.29, 0.717) is 0 Å². The van der Waals surface area contributed by atoms with Crippen LogP contribution in [0.25, 0.3) is 0 Å².